The highest BCUT2D eigenvalue weighted by atomic mass is 16.5. The van der Waals surface area contributed by atoms with Crippen LogP contribution in [-0.2, 0) is 13.0 Å². The molecule has 1 aliphatic carbocycles. The maximum atomic E-state index is 12.4. The molecule has 2 aromatic rings. The summed E-state index contributed by atoms with van der Waals surface area (Å²) in [5.41, 5.74) is 2.53. The zero-order valence-corrected chi connectivity index (χ0v) is 15.5. The van der Waals surface area contributed by atoms with E-state index < -0.39 is 0 Å². The van der Waals surface area contributed by atoms with Gasteiger partial charge >= 0.3 is 0 Å². The van der Waals surface area contributed by atoms with E-state index in [-0.39, 0.29) is 5.56 Å². The van der Waals surface area contributed by atoms with Crippen LogP contribution in [0, 0.1) is 5.92 Å². The quantitative estimate of drug-likeness (QED) is 0.856. The maximum Gasteiger partial charge on any atom is 0.259 e. The van der Waals surface area contributed by atoms with E-state index in [0.29, 0.717) is 23.2 Å². The first-order valence-corrected chi connectivity index (χ1v) is 10.0. The lowest BCUT2D eigenvalue weighted by Crippen LogP contribution is -2.27. The summed E-state index contributed by atoms with van der Waals surface area (Å²) in [6, 6.07) is 1.91. The zero-order chi connectivity index (χ0) is 17.9. The van der Waals surface area contributed by atoms with Crippen molar-refractivity contribution in [1.29, 1.82) is 0 Å². The van der Waals surface area contributed by atoms with Gasteiger partial charge in [0.05, 0.1) is 5.56 Å². The van der Waals surface area contributed by atoms with Crippen LogP contribution in [0.3, 0.4) is 0 Å². The number of rotatable bonds is 5. The number of pyridine rings is 1. The van der Waals surface area contributed by atoms with Crippen molar-refractivity contribution in [2.75, 3.05) is 6.54 Å². The molecule has 1 saturated carbocycles. The fraction of sp³-hybridized carbons (Fsp3) is 0.650. The molecule has 0 aromatic carbocycles. The monoisotopic (exact) mass is 356 g/mol. The van der Waals surface area contributed by atoms with Crippen LogP contribution in [-0.4, -0.2) is 21.7 Å². The van der Waals surface area contributed by atoms with E-state index in [9.17, 15) is 4.79 Å². The van der Waals surface area contributed by atoms with Crippen molar-refractivity contribution in [3.8, 4) is 11.4 Å². The van der Waals surface area contributed by atoms with Gasteiger partial charge in [-0.15, -0.1) is 0 Å². The van der Waals surface area contributed by atoms with Gasteiger partial charge in [-0.05, 0) is 43.2 Å². The van der Waals surface area contributed by atoms with E-state index in [2.05, 4.69) is 27.4 Å². The van der Waals surface area contributed by atoms with Crippen molar-refractivity contribution in [2.45, 2.75) is 70.8 Å². The Morgan fingerprint density at radius 2 is 2.12 bits per heavy atom. The molecule has 0 unspecified atom stereocenters. The number of aromatic nitrogens is 3. The van der Waals surface area contributed by atoms with Gasteiger partial charge in [0.1, 0.15) is 0 Å². The Hall–Kier alpha value is -1.95. The van der Waals surface area contributed by atoms with Crippen LogP contribution < -0.4 is 10.9 Å². The third-order valence-electron chi connectivity index (χ3n) is 5.93. The molecule has 3 heterocycles. The summed E-state index contributed by atoms with van der Waals surface area (Å²) in [7, 11) is 0. The molecule has 0 bridgehead atoms. The van der Waals surface area contributed by atoms with Gasteiger partial charge in [0.15, 0.2) is 0 Å². The first-order chi connectivity index (χ1) is 12.7. The number of nitrogens with one attached hydrogen (secondary N) is 2. The molecular weight excluding hydrogens is 328 g/mol. The average Bonchev–Trinajstić information content (AvgIpc) is 3.16. The van der Waals surface area contributed by atoms with Crippen LogP contribution >= 0.6 is 0 Å². The van der Waals surface area contributed by atoms with Gasteiger partial charge in [-0.2, -0.15) is 4.98 Å². The third-order valence-corrected chi connectivity index (χ3v) is 5.93. The van der Waals surface area contributed by atoms with Crippen LogP contribution in [0.15, 0.2) is 15.4 Å². The number of H-pyrrole nitrogens is 1. The highest BCUT2D eigenvalue weighted by Crippen LogP contribution is 2.37. The number of hydrogen-bond acceptors (Lipinski definition) is 5. The summed E-state index contributed by atoms with van der Waals surface area (Å²) < 4.78 is 5.54. The van der Waals surface area contributed by atoms with Crippen molar-refractivity contribution in [3.05, 3.63) is 33.6 Å². The van der Waals surface area contributed by atoms with Gasteiger partial charge in [-0.1, -0.05) is 31.3 Å². The minimum atomic E-state index is -0.124. The molecule has 2 aliphatic rings. The molecule has 4 rings (SSSR count). The molecule has 26 heavy (non-hydrogen) atoms. The lowest BCUT2D eigenvalue weighted by Gasteiger charge is -2.26. The molecule has 6 nitrogen and oxygen atoms in total. The Kier molecular flexibility index (Phi) is 5.20. The normalized spacial score (nSPS) is 23.0. The second-order valence-corrected chi connectivity index (χ2v) is 7.76. The molecule has 2 N–H and O–H groups in total. The molecule has 0 amide bonds. The van der Waals surface area contributed by atoms with Gasteiger partial charge < -0.3 is 14.8 Å². The molecule has 6 heteroatoms. The van der Waals surface area contributed by atoms with E-state index in [4.69, 9.17) is 4.52 Å². The molecule has 0 saturated heterocycles. The van der Waals surface area contributed by atoms with Gasteiger partial charge in [0.25, 0.3) is 5.56 Å². The van der Waals surface area contributed by atoms with E-state index >= 15 is 0 Å². The zero-order valence-electron chi connectivity index (χ0n) is 15.5. The predicted molar refractivity (Wildman–Crippen MR) is 100.0 cm³/mol. The van der Waals surface area contributed by atoms with Crippen LogP contribution in [0.4, 0.5) is 0 Å². The summed E-state index contributed by atoms with van der Waals surface area (Å²) in [6.45, 7) is 3.92. The van der Waals surface area contributed by atoms with E-state index in [1.54, 1.807) is 0 Å². The van der Waals surface area contributed by atoms with Crippen LogP contribution in [0.2, 0.25) is 0 Å². The Morgan fingerprint density at radius 3 is 2.92 bits per heavy atom. The topological polar surface area (TPSA) is 83.8 Å². The van der Waals surface area contributed by atoms with Crippen molar-refractivity contribution in [2.24, 2.45) is 5.92 Å². The maximum absolute atomic E-state index is 12.4. The number of unbranched alkanes of at least 4 members (excludes halogenated alkanes) is 1. The number of aromatic amines is 1. The van der Waals surface area contributed by atoms with Gasteiger partial charge in [-0.25, -0.2) is 0 Å². The van der Waals surface area contributed by atoms with Gasteiger partial charge in [-0.3, -0.25) is 4.79 Å². The molecule has 0 radical (unpaired) electrons. The molecule has 2 aromatic heterocycles. The van der Waals surface area contributed by atoms with Crippen molar-refractivity contribution in [3.63, 3.8) is 0 Å². The standard InChI is InChI=1S/C20H28N4O2/c1-2-3-4-13-5-7-14(8-6-13)20-23-18(24-26-20)16-11-15-12-21-10-9-17(15)22-19(16)25/h11,13-14,21H,2-10,12H2,1H3,(H,22,25). The third kappa shape index (κ3) is 3.61. The first-order valence-electron chi connectivity index (χ1n) is 10.0. The second-order valence-electron chi connectivity index (χ2n) is 7.76. The molecule has 1 fully saturated rings. The summed E-state index contributed by atoms with van der Waals surface area (Å²) >= 11 is 0. The lowest BCUT2D eigenvalue weighted by atomic mass is 9.80. The fourth-order valence-electron chi connectivity index (χ4n) is 4.30. The fourth-order valence-corrected chi connectivity index (χ4v) is 4.30. The minimum Gasteiger partial charge on any atom is -0.339 e. The Labute approximate surface area is 153 Å². The van der Waals surface area contributed by atoms with Gasteiger partial charge in [0.2, 0.25) is 11.7 Å². The van der Waals surface area contributed by atoms with E-state index in [0.717, 1.165) is 49.5 Å². The predicted octanol–water partition coefficient (Wildman–Crippen LogP) is 3.53. The molecule has 0 spiro atoms. The molecule has 0 atom stereocenters. The highest BCUT2D eigenvalue weighted by Gasteiger charge is 2.27. The highest BCUT2D eigenvalue weighted by molar-refractivity contribution is 5.55. The molecule has 140 valence electrons. The summed E-state index contributed by atoms with van der Waals surface area (Å²) in [5, 5.41) is 7.44. The largest absolute Gasteiger partial charge is 0.339 e. The Morgan fingerprint density at radius 1 is 1.27 bits per heavy atom. The Balaban J connectivity index is 1.48. The lowest BCUT2D eigenvalue weighted by molar-refractivity contribution is 0.260. The van der Waals surface area contributed by atoms with Crippen LogP contribution in [0.5, 0.6) is 0 Å². The van der Waals surface area contributed by atoms with Crippen molar-refractivity contribution in [1.82, 2.24) is 20.4 Å². The molecular formula is C20H28N4O2. The average molecular weight is 356 g/mol. The van der Waals surface area contributed by atoms with Crippen molar-refractivity contribution >= 4 is 0 Å². The van der Waals surface area contributed by atoms with E-state index in [1.807, 2.05) is 6.07 Å². The van der Waals surface area contributed by atoms with Crippen LogP contribution in [0.1, 0.15) is 74.9 Å². The smallest absolute Gasteiger partial charge is 0.259 e. The van der Waals surface area contributed by atoms with Crippen LogP contribution in [0.25, 0.3) is 11.4 Å². The first kappa shape index (κ1) is 17.5. The Bertz CT molecular complexity index is 802. The molecule has 1 aliphatic heterocycles. The minimum absolute atomic E-state index is 0.124. The van der Waals surface area contributed by atoms with Gasteiger partial charge in [0, 0.05) is 31.1 Å². The summed E-state index contributed by atoms with van der Waals surface area (Å²) in [6.07, 6.45) is 9.51. The SMILES string of the molecule is CCCCC1CCC(c2nc(-c3cc4c([nH]c3=O)CCNC4)no2)CC1. The number of nitrogens with zero attached hydrogens (tertiary/aromatic N) is 2. The summed E-state index contributed by atoms with van der Waals surface area (Å²) in [5.74, 6) is 2.31. The second kappa shape index (κ2) is 7.74. The van der Waals surface area contributed by atoms with E-state index in [1.165, 1.54) is 32.1 Å². The number of fused-ring (bicyclic) bond motifs is 1. The summed E-state index contributed by atoms with van der Waals surface area (Å²) in [4.78, 5) is 20.0. The number of hydrogen-bond donors (Lipinski definition) is 2. The van der Waals surface area contributed by atoms with Crippen molar-refractivity contribution < 1.29 is 4.52 Å².